The van der Waals surface area contributed by atoms with Crippen LogP contribution >= 0.6 is 0 Å². The predicted octanol–water partition coefficient (Wildman–Crippen LogP) is 5.99. The van der Waals surface area contributed by atoms with Gasteiger partial charge in [-0.1, -0.05) is 18.2 Å². The molecular formula is C28H29F6N5O. The molecule has 214 valence electrons. The van der Waals surface area contributed by atoms with E-state index in [4.69, 9.17) is 4.74 Å². The highest BCUT2D eigenvalue weighted by molar-refractivity contribution is 5.90. The summed E-state index contributed by atoms with van der Waals surface area (Å²) in [6.45, 7) is -1.24. The maximum Gasteiger partial charge on any atom is 0.401 e. The monoisotopic (exact) mass is 565 g/mol. The standard InChI is InChI=1S/C28H29F6N5O/c1-16-10-22-20-5-2-4-17(12-35)24(20)37-25(22)26(39(16)15-28(32,33)34)21-7-6-18(11-23(21)40-27(30)31)36-19-13-38(14-19)9-3-8-29/h2,4-7,11,16,19,26-27,36-37H,3,8-10,13-15H2,1H3. The van der Waals surface area contributed by atoms with E-state index in [1.807, 2.05) is 0 Å². The molecule has 0 spiro atoms. The average Bonchev–Trinajstić information content (AvgIpc) is 3.23. The molecule has 2 aromatic carbocycles. The Morgan fingerprint density at radius 2 is 1.98 bits per heavy atom. The Kier molecular flexibility index (Phi) is 7.88. The number of anilines is 1. The first kappa shape index (κ1) is 28.1. The van der Waals surface area contributed by atoms with Gasteiger partial charge in [-0.2, -0.15) is 27.2 Å². The van der Waals surface area contributed by atoms with Crippen molar-refractivity contribution in [3.8, 4) is 11.8 Å². The molecule has 12 heteroatoms. The number of hydrogen-bond donors (Lipinski definition) is 2. The van der Waals surface area contributed by atoms with Gasteiger partial charge in [0.05, 0.1) is 36.4 Å². The lowest BCUT2D eigenvalue weighted by Crippen LogP contribution is -2.54. The molecule has 3 aromatic rings. The number of halogens is 6. The van der Waals surface area contributed by atoms with Gasteiger partial charge in [0, 0.05) is 54.1 Å². The summed E-state index contributed by atoms with van der Waals surface area (Å²) in [5.41, 5.74) is 2.65. The Hall–Kier alpha value is -3.43. The molecule has 3 heterocycles. The number of likely N-dealkylation sites (tertiary alicyclic amines) is 1. The fourth-order valence-corrected chi connectivity index (χ4v) is 5.87. The summed E-state index contributed by atoms with van der Waals surface area (Å²) in [6, 6.07) is 10.1. The molecule has 1 fully saturated rings. The maximum absolute atomic E-state index is 13.8. The third-order valence-electron chi connectivity index (χ3n) is 7.59. The SMILES string of the molecule is CC1Cc2c([nH]c3c(C#N)cccc23)C(c2ccc(NC3CN(CCCF)C3)cc2OC(F)F)N1CC(F)(F)F. The fraction of sp³-hybridized carbons (Fsp3) is 0.464. The van der Waals surface area contributed by atoms with Crippen molar-refractivity contribution in [2.24, 2.45) is 0 Å². The molecule has 0 radical (unpaired) electrons. The van der Waals surface area contributed by atoms with Crippen LogP contribution < -0.4 is 10.1 Å². The van der Waals surface area contributed by atoms with E-state index in [1.165, 1.54) is 17.0 Å². The van der Waals surface area contributed by atoms with E-state index >= 15 is 0 Å². The Morgan fingerprint density at radius 3 is 2.65 bits per heavy atom. The third-order valence-corrected chi connectivity index (χ3v) is 7.59. The number of fused-ring (bicyclic) bond motifs is 3. The van der Waals surface area contributed by atoms with Gasteiger partial charge >= 0.3 is 12.8 Å². The lowest BCUT2D eigenvalue weighted by Gasteiger charge is -2.42. The first-order valence-electron chi connectivity index (χ1n) is 13.1. The number of para-hydroxylation sites is 1. The van der Waals surface area contributed by atoms with Crippen molar-refractivity contribution in [1.82, 2.24) is 14.8 Å². The van der Waals surface area contributed by atoms with Crippen LogP contribution in [0.25, 0.3) is 10.9 Å². The summed E-state index contributed by atoms with van der Waals surface area (Å²) in [5.74, 6) is -0.231. The zero-order valence-corrected chi connectivity index (χ0v) is 21.7. The maximum atomic E-state index is 13.8. The van der Waals surface area contributed by atoms with Crippen LogP contribution in [0, 0.1) is 11.3 Å². The van der Waals surface area contributed by atoms with Crippen LogP contribution in [0.2, 0.25) is 0 Å². The van der Waals surface area contributed by atoms with Crippen LogP contribution in [0.5, 0.6) is 5.75 Å². The van der Waals surface area contributed by atoms with Gasteiger partial charge in [-0.25, -0.2) is 0 Å². The minimum absolute atomic E-state index is 0.0194. The van der Waals surface area contributed by atoms with Crippen LogP contribution in [-0.4, -0.2) is 72.5 Å². The van der Waals surface area contributed by atoms with E-state index < -0.39 is 38.1 Å². The van der Waals surface area contributed by atoms with E-state index in [0.717, 1.165) is 10.9 Å². The van der Waals surface area contributed by atoms with Crippen LogP contribution in [0.4, 0.5) is 32.0 Å². The quantitative estimate of drug-likeness (QED) is 0.312. The fourth-order valence-electron chi connectivity index (χ4n) is 5.87. The molecule has 0 aliphatic carbocycles. The number of aromatic nitrogens is 1. The Balaban J connectivity index is 1.56. The second-order valence-electron chi connectivity index (χ2n) is 10.4. The largest absolute Gasteiger partial charge is 0.434 e. The number of aromatic amines is 1. The van der Waals surface area contributed by atoms with Gasteiger partial charge in [0.2, 0.25) is 0 Å². The highest BCUT2D eigenvalue weighted by Crippen LogP contribution is 2.45. The van der Waals surface area contributed by atoms with Gasteiger partial charge in [-0.05, 0) is 37.5 Å². The summed E-state index contributed by atoms with van der Waals surface area (Å²) < 4.78 is 85.9. The van der Waals surface area contributed by atoms with Crippen LogP contribution in [-0.2, 0) is 6.42 Å². The Bertz CT molecular complexity index is 1390. The van der Waals surface area contributed by atoms with Gasteiger partial charge in [0.1, 0.15) is 11.8 Å². The smallest absolute Gasteiger partial charge is 0.401 e. The molecule has 2 N–H and O–H groups in total. The molecule has 6 nitrogen and oxygen atoms in total. The minimum atomic E-state index is -4.54. The number of nitriles is 1. The number of nitrogens with one attached hydrogen (secondary N) is 2. The molecule has 5 rings (SSSR count). The summed E-state index contributed by atoms with van der Waals surface area (Å²) in [7, 11) is 0. The number of alkyl halides is 6. The zero-order chi connectivity index (χ0) is 28.6. The molecule has 1 aromatic heterocycles. The summed E-state index contributed by atoms with van der Waals surface area (Å²) >= 11 is 0. The predicted molar refractivity (Wildman–Crippen MR) is 138 cm³/mol. The van der Waals surface area contributed by atoms with Crippen molar-refractivity contribution in [2.45, 2.75) is 50.7 Å². The van der Waals surface area contributed by atoms with Crippen molar-refractivity contribution in [2.75, 3.05) is 38.2 Å². The molecule has 0 amide bonds. The number of H-pyrrole nitrogens is 1. The number of nitrogens with zero attached hydrogens (tertiary/aromatic N) is 3. The average molecular weight is 566 g/mol. The molecular weight excluding hydrogens is 536 g/mol. The van der Waals surface area contributed by atoms with Gasteiger partial charge in [0.15, 0.2) is 0 Å². The number of hydrogen-bond acceptors (Lipinski definition) is 5. The van der Waals surface area contributed by atoms with Gasteiger partial charge in [-0.3, -0.25) is 14.2 Å². The second kappa shape index (κ2) is 11.2. The summed E-state index contributed by atoms with van der Waals surface area (Å²) in [6.07, 6.45) is -3.83. The number of benzene rings is 2. The molecule has 0 saturated carbocycles. The first-order chi connectivity index (χ1) is 19.1. The molecule has 0 bridgehead atoms. The van der Waals surface area contributed by atoms with E-state index in [0.29, 0.717) is 48.5 Å². The van der Waals surface area contributed by atoms with Crippen molar-refractivity contribution in [3.63, 3.8) is 0 Å². The highest BCUT2D eigenvalue weighted by atomic mass is 19.4. The van der Waals surface area contributed by atoms with E-state index in [9.17, 15) is 31.6 Å². The topological polar surface area (TPSA) is 67.3 Å². The summed E-state index contributed by atoms with van der Waals surface area (Å²) in [5, 5.41) is 13.6. The van der Waals surface area contributed by atoms with Crippen molar-refractivity contribution in [3.05, 3.63) is 58.8 Å². The minimum Gasteiger partial charge on any atom is -0.434 e. The third kappa shape index (κ3) is 5.71. The lowest BCUT2D eigenvalue weighted by molar-refractivity contribution is -0.155. The Morgan fingerprint density at radius 1 is 1.20 bits per heavy atom. The first-order valence-corrected chi connectivity index (χ1v) is 13.1. The van der Waals surface area contributed by atoms with Crippen LogP contribution in [0.3, 0.4) is 0 Å². The molecule has 40 heavy (non-hydrogen) atoms. The van der Waals surface area contributed by atoms with E-state index in [1.54, 1.807) is 31.2 Å². The highest BCUT2D eigenvalue weighted by Gasteiger charge is 2.43. The van der Waals surface area contributed by atoms with E-state index in [2.05, 4.69) is 21.3 Å². The van der Waals surface area contributed by atoms with Crippen LogP contribution in [0.1, 0.15) is 41.8 Å². The van der Waals surface area contributed by atoms with Gasteiger partial charge in [0.25, 0.3) is 0 Å². The second-order valence-corrected chi connectivity index (χ2v) is 10.4. The van der Waals surface area contributed by atoms with E-state index in [-0.39, 0.29) is 23.8 Å². The summed E-state index contributed by atoms with van der Waals surface area (Å²) in [4.78, 5) is 6.46. The zero-order valence-electron chi connectivity index (χ0n) is 21.7. The molecule has 2 aliphatic heterocycles. The number of ether oxygens (including phenoxy) is 1. The molecule has 2 atom stereocenters. The molecule has 2 unspecified atom stereocenters. The van der Waals surface area contributed by atoms with Gasteiger partial charge in [-0.15, -0.1) is 0 Å². The normalized spacial score (nSPS) is 20.4. The van der Waals surface area contributed by atoms with Crippen molar-refractivity contribution in [1.29, 1.82) is 5.26 Å². The van der Waals surface area contributed by atoms with Gasteiger partial charge < -0.3 is 15.0 Å². The van der Waals surface area contributed by atoms with Crippen LogP contribution in [0.15, 0.2) is 36.4 Å². The molecule has 1 saturated heterocycles. The van der Waals surface area contributed by atoms with Crippen molar-refractivity contribution < 1.29 is 31.1 Å². The number of rotatable bonds is 9. The van der Waals surface area contributed by atoms with Crippen molar-refractivity contribution >= 4 is 16.6 Å². The lowest BCUT2D eigenvalue weighted by atomic mass is 9.88. The Labute approximate surface area is 227 Å². The molecule has 2 aliphatic rings.